The molecule has 2 aliphatic heterocycles. The van der Waals surface area contributed by atoms with E-state index < -0.39 is 151 Å². The molecule has 2 fully saturated rings. The van der Waals surface area contributed by atoms with Gasteiger partial charge in [0.2, 0.25) is 41.4 Å². The molecule has 0 bridgehead atoms. The van der Waals surface area contributed by atoms with Gasteiger partial charge in [-0.15, -0.1) is 0 Å². The number of aliphatic carboxylic acids is 1. The molecule has 0 aliphatic carbocycles. The van der Waals surface area contributed by atoms with E-state index in [-0.39, 0.29) is 106 Å². The number of aryl methyl sites for hydroxylation is 1. The van der Waals surface area contributed by atoms with Gasteiger partial charge in [-0.2, -0.15) is 0 Å². The van der Waals surface area contributed by atoms with Gasteiger partial charge < -0.3 is 58.5 Å². The van der Waals surface area contributed by atoms with E-state index in [1.165, 1.54) is 29.2 Å². The molecule has 0 saturated carbocycles. The van der Waals surface area contributed by atoms with Crippen LogP contribution in [0.15, 0.2) is 48.5 Å². The largest absolute Gasteiger partial charge is 0.508 e. The Morgan fingerprint density at radius 1 is 0.733 bits per heavy atom. The number of rotatable bonds is 29. The Balaban J connectivity index is 1.49. The maximum atomic E-state index is 14.6. The lowest BCUT2D eigenvalue weighted by molar-refractivity contribution is -0.142. The molecule has 4 rings (SSSR count). The monoisotopic (exact) mass is 1240 g/mol. The Hall–Kier alpha value is -7.36. The van der Waals surface area contributed by atoms with Crippen LogP contribution in [0.5, 0.6) is 5.75 Å². The van der Waals surface area contributed by atoms with Crippen molar-refractivity contribution in [1.82, 2.24) is 36.8 Å². The number of fused-ring (bicyclic) bond motifs is 1. The summed E-state index contributed by atoms with van der Waals surface area (Å²) in [5.74, 6) is -10.9. The van der Waals surface area contributed by atoms with Crippen molar-refractivity contribution in [3.63, 3.8) is 0 Å². The van der Waals surface area contributed by atoms with E-state index in [4.69, 9.17) is 11.5 Å². The Morgan fingerprint density at radius 2 is 1.40 bits per heavy atom. The Labute approximate surface area is 507 Å². The van der Waals surface area contributed by atoms with Crippen LogP contribution < -0.4 is 43.4 Å². The molecule has 2 aromatic carbocycles. The van der Waals surface area contributed by atoms with E-state index in [2.05, 4.69) is 31.9 Å². The standard InChI is InChI=1S/C59H81N9O16S2/c1-3-35(2)57(49(74)20-23-51(76)62-31-38-8-6-36(7-9-38)10-16-41(70)29-60)67-54(79)24-18-47(72)44-33-85-86-34-45(59(84)68-26-4-5-46(68)48(73)19-22-52(77)63-32-42(71)17-21-53(78)65-44)66-58(83)39(13-25-56(81)82)28-50(75)43(64-55(80)30-61)27-37-11-14-40(69)15-12-37/h6-9,11-12,14-15,35,39,43-46,57,69H,3-5,10,13,16-34,60-61H2,1-2H3,(H,62,76)(H,63,77)(H,64,80)(H,65,78)(H,66,83)(H,67,79)(H,81,82)/t35?,39-,43-,44-,45-,46-,57-/m0/s1. The van der Waals surface area contributed by atoms with Gasteiger partial charge in [0.05, 0.1) is 43.8 Å². The van der Waals surface area contributed by atoms with Crippen molar-refractivity contribution in [3.05, 3.63) is 65.2 Å². The predicted octanol–water partition coefficient (Wildman–Crippen LogP) is 0.995. The van der Waals surface area contributed by atoms with Gasteiger partial charge in [-0.3, -0.25) is 67.1 Å². The number of phenols is 1. The zero-order valence-electron chi connectivity index (χ0n) is 48.7. The number of hydrogen-bond acceptors (Lipinski definition) is 19. The molecule has 0 spiro atoms. The highest BCUT2D eigenvalue weighted by atomic mass is 33.1. The normalized spacial score (nSPS) is 18.8. The fourth-order valence-corrected chi connectivity index (χ4v) is 11.8. The molecule has 27 heteroatoms. The summed E-state index contributed by atoms with van der Waals surface area (Å²) in [6, 6.07) is 7.20. The third-order valence-electron chi connectivity index (χ3n) is 14.8. The maximum absolute atomic E-state index is 14.6. The van der Waals surface area contributed by atoms with E-state index in [0.29, 0.717) is 31.2 Å². The fourth-order valence-electron chi connectivity index (χ4n) is 9.47. The zero-order chi connectivity index (χ0) is 63.3. The maximum Gasteiger partial charge on any atom is 0.303 e. The topological polar surface area (TPSA) is 407 Å². The van der Waals surface area contributed by atoms with Crippen molar-refractivity contribution in [2.75, 3.05) is 37.7 Å². The van der Waals surface area contributed by atoms with Gasteiger partial charge in [-0.05, 0) is 66.8 Å². The van der Waals surface area contributed by atoms with E-state index >= 15 is 0 Å². The number of carboxylic acid groups (broad SMARTS) is 1. The molecule has 7 atom stereocenters. The number of ketones is 6. The average Bonchev–Trinajstić information content (AvgIpc) is 4.22. The van der Waals surface area contributed by atoms with Crippen molar-refractivity contribution in [2.24, 2.45) is 23.3 Å². The Kier molecular flexibility index (Phi) is 30.8. The lowest BCUT2D eigenvalue weighted by atomic mass is 9.90. The van der Waals surface area contributed by atoms with Gasteiger partial charge in [0.1, 0.15) is 17.6 Å². The molecule has 2 aromatic rings. The molecule has 2 aliphatic rings. The average molecular weight is 1240 g/mol. The van der Waals surface area contributed by atoms with Crippen molar-refractivity contribution in [1.29, 1.82) is 0 Å². The Bertz CT molecular complexity index is 2750. The molecule has 7 amide bonds. The first-order chi connectivity index (χ1) is 41.0. The smallest absolute Gasteiger partial charge is 0.303 e. The fraction of sp³-hybridized carbons (Fsp3) is 0.559. The highest BCUT2D eigenvalue weighted by molar-refractivity contribution is 8.76. The second-order valence-electron chi connectivity index (χ2n) is 21.4. The minimum Gasteiger partial charge on any atom is -0.508 e. The molecule has 2 saturated heterocycles. The summed E-state index contributed by atoms with van der Waals surface area (Å²) < 4.78 is 0. The lowest BCUT2D eigenvalue weighted by Crippen LogP contribution is -2.54. The number of aromatic hydroxyl groups is 1. The van der Waals surface area contributed by atoms with Gasteiger partial charge in [0.15, 0.2) is 28.9 Å². The molecule has 2 heterocycles. The van der Waals surface area contributed by atoms with Crippen LogP contribution in [0, 0.1) is 11.8 Å². The van der Waals surface area contributed by atoms with Crippen LogP contribution in [0.1, 0.15) is 127 Å². The van der Waals surface area contributed by atoms with Crippen LogP contribution in [0.4, 0.5) is 0 Å². The second-order valence-corrected chi connectivity index (χ2v) is 24.0. The van der Waals surface area contributed by atoms with E-state index in [1.807, 2.05) is 31.2 Å². The van der Waals surface area contributed by atoms with Crippen LogP contribution in [0.3, 0.4) is 0 Å². The van der Waals surface area contributed by atoms with Gasteiger partial charge in [-0.25, -0.2) is 0 Å². The number of carboxylic acids is 1. The number of nitrogens with zero attached hydrogens (tertiary/aromatic N) is 1. The predicted molar refractivity (Wildman–Crippen MR) is 318 cm³/mol. The number of Topliss-reactive ketones (excluding diaryl/α,β-unsaturated/α-hetero) is 6. The molecular weight excluding hydrogens is 1150 g/mol. The molecule has 470 valence electrons. The molecule has 86 heavy (non-hydrogen) atoms. The summed E-state index contributed by atoms with van der Waals surface area (Å²) in [6.07, 6.45) is -2.18. The number of nitrogens with one attached hydrogen (secondary N) is 6. The highest BCUT2D eigenvalue weighted by Crippen LogP contribution is 2.28. The molecule has 12 N–H and O–H groups in total. The van der Waals surface area contributed by atoms with Crippen LogP contribution in [0.2, 0.25) is 0 Å². The molecule has 25 nitrogen and oxygen atoms in total. The van der Waals surface area contributed by atoms with Crippen LogP contribution in [-0.2, 0) is 86.5 Å². The SMILES string of the molecule is CCC(C)[C@H](NC(=O)CCC(=O)[C@@H]1CSSC[C@H](NC(=O)[C@@H](CCC(=O)O)CC(=O)[C@H](Cc2ccc(O)cc2)NC(=O)CN)C(=O)N2CCC[C@H]2C(=O)CCC(=O)NCC(=O)CCC(=O)N1)C(=O)CCC(=O)NCc1ccc(CCC(=O)CN)cc1. The number of amides is 7. The van der Waals surface area contributed by atoms with Gasteiger partial charge in [0.25, 0.3) is 0 Å². The zero-order valence-corrected chi connectivity index (χ0v) is 50.3. The molecule has 0 radical (unpaired) electrons. The van der Waals surface area contributed by atoms with Crippen LogP contribution >= 0.6 is 21.6 Å². The van der Waals surface area contributed by atoms with Gasteiger partial charge in [0, 0.05) is 101 Å². The quantitative estimate of drug-likeness (QED) is 0.0508. The number of carbonyl (C=O) groups excluding carboxylic acids is 13. The van der Waals surface area contributed by atoms with Crippen molar-refractivity contribution < 1.29 is 77.3 Å². The summed E-state index contributed by atoms with van der Waals surface area (Å²) in [7, 11) is 2.00. The van der Waals surface area contributed by atoms with Gasteiger partial charge >= 0.3 is 5.97 Å². The highest BCUT2D eigenvalue weighted by Gasteiger charge is 2.39. The molecule has 1 unspecified atom stereocenters. The van der Waals surface area contributed by atoms with Crippen LogP contribution in [0.25, 0.3) is 0 Å². The number of nitrogens with two attached hydrogens (primary N) is 2. The molecule has 0 aromatic heterocycles. The van der Waals surface area contributed by atoms with E-state index in [1.54, 1.807) is 6.92 Å². The first-order valence-electron chi connectivity index (χ1n) is 28.9. The summed E-state index contributed by atoms with van der Waals surface area (Å²) >= 11 is 0. The molecular formula is C59H81N9O16S2. The van der Waals surface area contributed by atoms with Crippen molar-refractivity contribution >= 4 is 104 Å². The second kappa shape index (κ2) is 37.3. The van der Waals surface area contributed by atoms with Crippen molar-refractivity contribution in [2.45, 2.75) is 160 Å². The third kappa shape index (κ3) is 25.3. The minimum atomic E-state index is -1.43. The van der Waals surface area contributed by atoms with E-state index in [0.717, 1.165) is 32.7 Å². The number of carbonyl (C=O) groups is 14. The van der Waals surface area contributed by atoms with E-state index in [9.17, 15) is 77.3 Å². The first kappa shape index (κ1) is 71.1. The first-order valence-corrected chi connectivity index (χ1v) is 31.4. The summed E-state index contributed by atoms with van der Waals surface area (Å²) in [4.78, 5) is 187. The Morgan fingerprint density at radius 3 is 2.07 bits per heavy atom. The summed E-state index contributed by atoms with van der Waals surface area (Å²) in [5, 5.41) is 35.2. The summed E-state index contributed by atoms with van der Waals surface area (Å²) in [6.45, 7) is 2.90. The minimum absolute atomic E-state index is 0.0229. The van der Waals surface area contributed by atoms with Gasteiger partial charge in [-0.1, -0.05) is 78.3 Å². The number of phenolic OH excluding ortho intramolecular Hbond substituents is 1. The number of benzene rings is 2. The summed E-state index contributed by atoms with van der Waals surface area (Å²) in [5.41, 5.74) is 13.2. The number of hydrogen-bond donors (Lipinski definition) is 10. The third-order valence-corrected chi connectivity index (χ3v) is 17.2. The van der Waals surface area contributed by atoms with Crippen molar-refractivity contribution in [3.8, 4) is 5.75 Å². The lowest BCUT2D eigenvalue weighted by Gasteiger charge is -2.30. The van der Waals surface area contributed by atoms with Crippen LogP contribution in [-0.4, -0.2) is 165 Å².